The molecule has 1 unspecified atom stereocenters. The number of nitrogens with one attached hydrogen (secondary N) is 1. The van der Waals surface area contributed by atoms with E-state index in [9.17, 15) is 0 Å². The Hall–Kier alpha value is -0.730. The Labute approximate surface area is 134 Å². The van der Waals surface area contributed by atoms with Crippen molar-refractivity contribution in [2.45, 2.75) is 53.0 Å². The lowest BCUT2D eigenvalue weighted by Crippen LogP contribution is -2.37. The van der Waals surface area contributed by atoms with E-state index in [1.54, 1.807) is 0 Å². The summed E-state index contributed by atoms with van der Waals surface area (Å²) in [5, 5.41) is 4.40. The Kier molecular flexibility index (Phi) is 5.56. The predicted molar refractivity (Wildman–Crippen MR) is 93.4 cm³/mol. The van der Waals surface area contributed by atoms with Gasteiger partial charge in [0.2, 0.25) is 0 Å². The van der Waals surface area contributed by atoms with Crippen molar-refractivity contribution >= 4 is 17.3 Å². The van der Waals surface area contributed by atoms with Gasteiger partial charge in [-0.2, -0.15) is 0 Å². The fourth-order valence-electron chi connectivity index (χ4n) is 2.88. The third-order valence-corrected chi connectivity index (χ3v) is 4.93. The summed E-state index contributed by atoms with van der Waals surface area (Å²) < 4.78 is 0. The molecule has 1 atom stereocenters. The number of hydrogen-bond acceptors (Lipinski definition) is 2. The molecule has 0 spiro atoms. The fourth-order valence-corrected chi connectivity index (χ4v) is 3.19. The Morgan fingerprint density at radius 1 is 1.29 bits per heavy atom. The van der Waals surface area contributed by atoms with Crippen LogP contribution < -0.4 is 10.2 Å². The third-order valence-electron chi connectivity index (χ3n) is 4.63. The van der Waals surface area contributed by atoms with Crippen LogP contribution in [0.3, 0.4) is 0 Å². The Morgan fingerprint density at radius 2 is 1.95 bits per heavy atom. The minimum atomic E-state index is 0.358. The van der Waals surface area contributed by atoms with Crippen molar-refractivity contribution in [3.8, 4) is 0 Å². The van der Waals surface area contributed by atoms with E-state index in [1.165, 1.54) is 24.1 Å². The highest BCUT2D eigenvalue weighted by molar-refractivity contribution is 6.33. The molecule has 1 heterocycles. The van der Waals surface area contributed by atoms with Gasteiger partial charge in [-0.25, -0.2) is 0 Å². The average Bonchev–Trinajstić information content (AvgIpc) is 2.45. The number of hydrogen-bond donors (Lipinski definition) is 1. The molecule has 0 saturated carbocycles. The number of piperidine rings is 1. The molecule has 0 aliphatic carbocycles. The Bertz CT molecular complexity index is 460. The van der Waals surface area contributed by atoms with Crippen molar-refractivity contribution in [3.05, 3.63) is 28.8 Å². The molecule has 2 nitrogen and oxygen atoms in total. The molecule has 1 fully saturated rings. The quantitative estimate of drug-likeness (QED) is 0.821. The molecule has 21 heavy (non-hydrogen) atoms. The molecule has 1 saturated heterocycles. The molecule has 1 aromatic rings. The van der Waals surface area contributed by atoms with Gasteiger partial charge in [-0.15, -0.1) is 0 Å². The minimum absolute atomic E-state index is 0.358. The van der Waals surface area contributed by atoms with Crippen molar-refractivity contribution in [3.63, 3.8) is 0 Å². The van der Waals surface area contributed by atoms with E-state index in [-0.39, 0.29) is 0 Å². The first-order valence-corrected chi connectivity index (χ1v) is 8.58. The van der Waals surface area contributed by atoms with E-state index in [1.807, 2.05) is 0 Å². The van der Waals surface area contributed by atoms with Gasteiger partial charge in [-0.3, -0.25) is 0 Å². The maximum Gasteiger partial charge on any atom is 0.0642 e. The molecule has 3 heteroatoms. The highest BCUT2D eigenvalue weighted by atomic mass is 35.5. The van der Waals surface area contributed by atoms with Gasteiger partial charge in [0, 0.05) is 19.1 Å². The second-order valence-corrected chi connectivity index (χ2v) is 7.45. The SMILES string of the molecule is CCCNC(C)c1ccc(N2CCC(C)(C)CC2)c(Cl)c1. The van der Waals surface area contributed by atoms with Crippen LogP contribution in [-0.4, -0.2) is 19.6 Å². The lowest BCUT2D eigenvalue weighted by molar-refractivity contribution is 0.280. The highest BCUT2D eigenvalue weighted by Crippen LogP contribution is 2.35. The zero-order valence-corrected chi connectivity index (χ0v) is 14.6. The van der Waals surface area contributed by atoms with Gasteiger partial charge < -0.3 is 10.2 Å². The Morgan fingerprint density at radius 3 is 2.52 bits per heavy atom. The van der Waals surface area contributed by atoms with Crippen LogP contribution in [0.4, 0.5) is 5.69 Å². The lowest BCUT2D eigenvalue weighted by atomic mass is 9.82. The van der Waals surface area contributed by atoms with Gasteiger partial charge in [0.1, 0.15) is 0 Å². The number of rotatable bonds is 5. The van der Waals surface area contributed by atoms with Gasteiger partial charge in [0.25, 0.3) is 0 Å². The average molecular weight is 309 g/mol. The van der Waals surface area contributed by atoms with E-state index in [0.717, 1.165) is 31.1 Å². The van der Waals surface area contributed by atoms with Crippen LogP contribution in [0.2, 0.25) is 5.02 Å². The zero-order chi connectivity index (χ0) is 15.5. The number of nitrogens with zero attached hydrogens (tertiary/aromatic N) is 1. The summed E-state index contributed by atoms with van der Waals surface area (Å²) in [4.78, 5) is 2.43. The summed E-state index contributed by atoms with van der Waals surface area (Å²) in [6.07, 6.45) is 3.62. The van der Waals surface area contributed by atoms with Crippen molar-refractivity contribution < 1.29 is 0 Å². The van der Waals surface area contributed by atoms with Gasteiger partial charge in [-0.1, -0.05) is 38.4 Å². The summed E-state index contributed by atoms with van der Waals surface area (Å²) in [6, 6.07) is 6.90. The first-order valence-electron chi connectivity index (χ1n) is 8.21. The van der Waals surface area contributed by atoms with Crippen LogP contribution in [0.25, 0.3) is 0 Å². The third kappa shape index (κ3) is 4.37. The standard InChI is InChI=1S/C18H29ClN2/c1-5-10-20-14(2)15-6-7-17(16(19)13-15)21-11-8-18(3,4)9-12-21/h6-7,13-14,20H,5,8-12H2,1-4H3. The number of halogens is 1. The monoisotopic (exact) mass is 308 g/mol. The van der Waals surface area contributed by atoms with Gasteiger partial charge in [-0.05, 0) is 55.8 Å². The van der Waals surface area contributed by atoms with Crippen molar-refractivity contribution in [2.75, 3.05) is 24.5 Å². The van der Waals surface area contributed by atoms with Crippen LogP contribution >= 0.6 is 11.6 Å². The molecule has 1 aromatic carbocycles. The largest absolute Gasteiger partial charge is 0.370 e. The maximum atomic E-state index is 6.54. The van der Waals surface area contributed by atoms with Crippen molar-refractivity contribution in [2.24, 2.45) is 5.41 Å². The molecule has 118 valence electrons. The molecular formula is C18H29ClN2. The number of benzene rings is 1. The summed E-state index contributed by atoms with van der Waals surface area (Å²) >= 11 is 6.54. The predicted octanol–water partition coefficient (Wildman–Crippen LogP) is 5.03. The van der Waals surface area contributed by atoms with Gasteiger partial charge >= 0.3 is 0 Å². The maximum absolute atomic E-state index is 6.54. The Balaban J connectivity index is 2.06. The van der Waals surface area contributed by atoms with Gasteiger partial charge in [0.05, 0.1) is 10.7 Å². The second-order valence-electron chi connectivity index (χ2n) is 7.04. The van der Waals surface area contributed by atoms with Crippen LogP contribution in [0.15, 0.2) is 18.2 Å². The van der Waals surface area contributed by atoms with E-state index < -0.39 is 0 Å². The van der Waals surface area contributed by atoms with E-state index in [4.69, 9.17) is 11.6 Å². The molecule has 0 bridgehead atoms. The molecule has 0 amide bonds. The van der Waals surface area contributed by atoms with Crippen LogP contribution in [0, 0.1) is 5.41 Å². The van der Waals surface area contributed by atoms with Crippen molar-refractivity contribution in [1.29, 1.82) is 0 Å². The van der Waals surface area contributed by atoms with E-state index >= 15 is 0 Å². The van der Waals surface area contributed by atoms with E-state index in [0.29, 0.717) is 11.5 Å². The van der Waals surface area contributed by atoms with Crippen molar-refractivity contribution in [1.82, 2.24) is 5.32 Å². The first-order chi connectivity index (χ1) is 9.93. The topological polar surface area (TPSA) is 15.3 Å². The molecule has 2 rings (SSSR count). The summed E-state index contributed by atoms with van der Waals surface area (Å²) in [6.45, 7) is 12.4. The highest BCUT2D eigenvalue weighted by Gasteiger charge is 2.26. The number of anilines is 1. The summed E-state index contributed by atoms with van der Waals surface area (Å²) in [7, 11) is 0. The molecule has 0 radical (unpaired) electrons. The first kappa shape index (κ1) is 16.6. The molecule has 1 N–H and O–H groups in total. The lowest BCUT2D eigenvalue weighted by Gasteiger charge is -2.38. The van der Waals surface area contributed by atoms with Crippen LogP contribution in [0.5, 0.6) is 0 Å². The second kappa shape index (κ2) is 7.02. The van der Waals surface area contributed by atoms with Crippen LogP contribution in [0.1, 0.15) is 58.6 Å². The molecule has 1 aliphatic heterocycles. The summed E-state index contributed by atoms with van der Waals surface area (Å²) in [5.74, 6) is 0. The minimum Gasteiger partial charge on any atom is -0.370 e. The smallest absolute Gasteiger partial charge is 0.0642 e. The fraction of sp³-hybridized carbons (Fsp3) is 0.667. The molecule has 1 aliphatic rings. The zero-order valence-electron chi connectivity index (χ0n) is 13.9. The normalized spacial score (nSPS) is 19.6. The van der Waals surface area contributed by atoms with E-state index in [2.05, 4.69) is 56.1 Å². The van der Waals surface area contributed by atoms with Gasteiger partial charge in [0.15, 0.2) is 0 Å². The van der Waals surface area contributed by atoms with Crippen LogP contribution in [-0.2, 0) is 0 Å². The molecular weight excluding hydrogens is 280 g/mol. The summed E-state index contributed by atoms with van der Waals surface area (Å²) in [5.41, 5.74) is 2.94. The molecule has 0 aromatic heterocycles.